The zero-order valence-electron chi connectivity index (χ0n) is 11.5. The summed E-state index contributed by atoms with van der Waals surface area (Å²) < 4.78 is 0. The number of pyridine rings is 1. The average Bonchev–Trinajstić information content (AvgIpc) is 2.49. The third-order valence-corrected chi connectivity index (χ3v) is 3.39. The Morgan fingerprint density at radius 2 is 2.37 bits per heavy atom. The molecule has 1 atom stereocenters. The number of hydrogen-bond donors (Lipinski definition) is 2. The van der Waals surface area contributed by atoms with Crippen molar-refractivity contribution < 1.29 is 9.90 Å². The summed E-state index contributed by atoms with van der Waals surface area (Å²) in [5, 5.41) is 12.6. The third-order valence-electron chi connectivity index (χ3n) is 3.39. The Balaban J connectivity index is 2.10. The fraction of sp³-hybridized carbons (Fsp3) is 0.571. The maximum Gasteiger partial charge on any atom is 0.309 e. The van der Waals surface area contributed by atoms with Crippen LogP contribution in [0.3, 0.4) is 0 Å². The van der Waals surface area contributed by atoms with Gasteiger partial charge in [-0.3, -0.25) is 14.7 Å². The second kappa shape index (κ2) is 5.67. The molecule has 0 spiro atoms. The third kappa shape index (κ3) is 4.01. The first-order chi connectivity index (χ1) is 8.96. The van der Waals surface area contributed by atoms with Crippen LogP contribution in [0.2, 0.25) is 0 Å². The van der Waals surface area contributed by atoms with Crippen LogP contribution in [0, 0.1) is 5.92 Å². The van der Waals surface area contributed by atoms with E-state index in [0.29, 0.717) is 19.6 Å². The van der Waals surface area contributed by atoms with E-state index in [1.807, 2.05) is 18.2 Å². The van der Waals surface area contributed by atoms with Gasteiger partial charge in [-0.1, -0.05) is 6.07 Å². The normalized spacial score (nSPS) is 23.8. The van der Waals surface area contributed by atoms with Gasteiger partial charge in [-0.15, -0.1) is 0 Å². The number of nitrogens with zero attached hydrogens (tertiary/aromatic N) is 2. The molecule has 2 rings (SSSR count). The molecule has 1 aromatic rings. The molecule has 1 fully saturated rings. The van der Waals surface area contributed by atoms with Crippen LogP contribution in [0.5, 0.6) is 0 Å². The first-order valence-corrected chi connectivity index (χ1v) is 6.56. The highest BCUT2D eigenvalue weighted by Crippen LogP contribution is 2.16. The van der Waals surface area contributed by atoms with E-state index < -0.39 is 5.97 Å². The van der Waals surface area contributed by atoms with Gasteiger partial charge in [0.2, 0.25) is 0 Å². The number of aliphatic carboxylic acids is 1. The quantitative estimate of drug-likeness (QED) is 0.850. The largest absolute Gasteiger partial charge is 0.481 e. The van der Waals surface area contributed by atoms with Crippen LogP contribution in [-0.2, 0) is 11.3 Å². The highest BCUT2D eigenvalue weighted by molar-refractivity contribution is 5.70. The predicted octanol–water partition coefficient (Wildman–Crippen LogP) is 0.966. The fourth-order valence-corrected chi connectivity index (χ4v) is 2.46. The van der Waals surface area contributed by atoms with Gasteiger partial charge in [-0.05, 0) is 26.0 Å². The molecule has 2 heterocycles. The molecule has 5 nitrogen and oxygen atoms in total. The number of carbonyl (C=O) groups is 1. The van der Waals surface area contributed by atoms with Gasteiger partial charge >= 0.3 is 5.97 Å². The summed E-state index contributed by atoms with van der Waals surface area (Å²) in [6.07, 6.45) is 1.77. The van der Waals surface area contributed by atoms with Crippen molar-refractivity contribution in [1.29, 1.82) is 0 Å². The lowest BCUT2D eigenvalue weighted by Crippen LogP contribution is -2.46. The molecular weight excluding hydrogens is 242 g/mol. The van der Waals surface area contributed by atoms with Crippen molar-refractivity contribution in [3.05, 3.63) is 30.1 Å². The Morgan fingerprint density at radius 3 is 3.00 bits per heavy atom. The molecule has 1 unspecified atom stereocenters. The van der Waals surface area contributed by atoms with Crippen LogP contribution >= 0.6 is 0 Å². The number of nitrogens with one attached hydrogen (secondary N) is 1. The van der Waals surface area contributed by atoms with E-state index in [4.69, 9.17) is 0 Å². The van der Waals surface area contributed by atoms with Crippen molar-refractivity contribution in [2.45, 2.75) is 25.9 Å². The maximum absolute atomic E-state index is 11.2. The van der Waals surface area contributed by atoms with Crippen molar-refractivity contribution in [3.63, 3.8) is 0 Å². The second-order valence-corrected chi connectivity index (χ2v) is 5.79. The summed E-state index contributed by atoms with van der Waals surface area (Å²) in [5.41, 5.74) is 0.892. The van der Waals surface area contributed by atoms with Gasteiger partial charge < -0.3 is 10.4 Å². The summed E-state index contributed by atoms with van der Waals surface area (Å²) in [7, 11) is 0. The van der Waals surface area contributed by atoms with Gasteiger partial charge in [-0.2, -0.15) is 0 Å². The van der Waals surface area contributed by atoms with Crippen LogP contribution in [0.4, 0.5) is 0 Å². The van der Waals surface area contributed by atoms with Crippen molar-refractivity contribution in [1.82, 2.24) is 15.2 Å². The molecular formula is C14H21N3O2. The monoisotopic (exact) mass is 263 g/mol. The van der Waals surface area contributed by atoms with E-state index in [0.717, 1.165) is 12.2 Å². The number of carboxylic acids is 1. The summed E-state index contributed by atoms with van der Waals surface area (Å²) >= 11 is 0. The molecule has 0 amide bonds. The minimum Gasteiger partial charge on any atom is -0.481 e. The lowest BCUT2D eigenvalue weighted by molar-refractivity contribution is -0.142. The average molecular weight is 263 g/mol. The van der Waals surface area contributed by atoms with Crippen LogP contribution in [-0.4, -0.2) is 46.1 Å². The highest BCUT2D eigenvalue weighted by Gasteiger charge is 2.31. The lowest BCUT2D eigenvalue weighted by Gasteiger charge is -2.29. The van der Waals surface area contributed by atoms with E-state index >= 15 is 0 Å². The van der Waals surface area contributed by atoms with Crippen molar-refractivity contribution in [2.24, 2.45) is 5.92 Å². The number of rotatable bonds is 3. The minimum absolute atomic E-state index is 0.0843. The SMILES string of the molecule is CC1(C)CN(Cc2ccccn2)CC(C(=O)O)CN1. The maximum atomic E-state index is 11.2. The van der Waals surface area contributed by atoms with Crippen molar-refractivity contribution in [2.75, 3.05) is 19.6 Å². The summed E-state index contributed by atoms with van der Waals surface area (Å²) in [6, 6.07) is 5.82. The zero-order valence-corrected chi connectivity index (χ0v) is 11.5. The Morgan fingerprint density at radius 1 is 1.58 bits per heavy atom. The summed E-state index contributed by atoms with van der Waals surface area (Å²) in [5.74, 6) is -1.11. The fourth-order valence-electron chi connectivity index (χ4n) is 2.46. The number of hydrogen-bond acceptors (Lipinski definition) is 4. The van der Waals surface area contributed by atoms with Gasteiger partial charge in [0.05, 0.1) is 11.6 Å². The standard InChI is InChI=1S/C14H21N3O2/c1-14(2)10-17(8-11(7-16-14)13(18)19)9-12-5-3-4-6-15-12/h3-6,11,16H,7-10H2,1-2H3,(H,18,19). The Bertz CT molecular complexity index is 434. The second-order valence-electron chi connectivity index (χ2n) is 5.79. The van der Waals surface area contributed by atoms with Crippen LogP contribution in [0.1, 0.15) is 19.5 Å². The Hall–Kier alpha value is -1.46. The van der Waals surface area contributed by atoms with Crippen LogP contribution in [0.25, 0.3) is 0 Å². The lowest BCUT2D eigenvalue weighted by atomic mass is 10.1. The number of aromatic nitrogens is 1. The van der Waals surface area contributed by atoms with Gasteiger partial charge in [0.15, 0.2) is 0 Å². The molecule has 2 N–H and O–H groups in total. The van der Waals surface area contributed by atoms with Crippen molar-refractivity contribution in [3.8, 4) is 0 Å². The Kier molecular flexibility index (Phi) is 4.17. The molecule has 1 saturated heterocycles. The van der Waals surface area contributed by atoms with E-state index in [2.05, 4.69) is 29.0 Å². The highest BCUT2D eigenvalue weighted by atomic mass is 16.4. The van der Waals surface area contributed by atoms with E-state index in [9.17, 15) is 9.90 Å². The first-order valence-electron chi connectivity index (χ1n) is 6.56. The molecule has 0 aromatic carbocycles. The van der Waals surface area contributed by atoms with Crippen LogP contribution < -0.4 is 5.32 Å². The van der Waals surface area contributed by atoms with Gasteiger partial charge in [-0.25, -0.2) is 0 Å². The first kappa shape index (κ1) is 14.0. The molecule has 1 aromatic heterocycles. The molecule has 0 saturated carbocycles. The molecule has 19 heavy (non-hydrogen) atoms. The molecule has 1 aliphatic rings. The van der Waals surface area contributed by atoms with E-state index in [1.54, 1.807) is 6.20 Å². The molecule has 5 heteroatoms. The van der Waals surface area contributed by atoms with Gasteiger partial charge in [0.1, 0.15) is 0 Å². The minimum atomic E-state index is -0.740. The van der Waals surface area contributed by atoms with Gasteiger partial charge in [0, 0.05) is 37.9 Å². The smallest absolute Gasteiger partial charge is 0.309 e. The van der Waals surface area contributed by atoms with Gasteiger partial charge in [0.25, 0.3) is 0 Å². The topological polar surface area (TPSA) is 65.5 Å². The predicted molar refractivity (Wildman–Crippen MR) is 72.7 cm³/mol. The number of carboxylic acid groups (broad SMARTS) is 1. The molecule has 104 valence electrons. The summed E-state index contributed by atoms with van der Waals surface area (Å²) in [6.45, 7) is 6.78. The van der Waals surface area contributed by atoms with Crippen molar-refractivity contribution >= 4 is 5.97 Å². The van der Waals surface area contributed by atoms with Crippen LogP contribution in [0.15, 0.2) is 24.4 Å². The Labute approximate surface area is 113 Å². The van der Waals surface area contributed by atoms with E-state index in [1.165, 1.54) is 0 Å². The zero-order chi connectivity index (χ0) is 13.9. The molecule has 0 aliphatic carbocycles. The molecule has 0 bridgehead atoms. The summed E-state index contributed by atoms with van der Waals surface area (Å²) in [4.78, 5) is 17.7. The molecule has 0 radical (unpaired) electrons. The molecule has 1 aliphatic heterocycles. The van der Waals surface area contributed by atoms with E-state index in [-0.39, 0.29) is 11.5 Å².